The second-order valence-electron chi connectivity index (χ2n) is 7.34. The molecule has 1 atom stereocenters. The predicted molar refractivity (Wildman–Crippen MR) is 96.7 cm³/mol. The maximum Gasteiger partial charge on any atom is 0.243 e. The first-order valence-electron chi connectivity index (χ1n) is 8.73. The molecule has 134 valence electrons. The van der Waals surface area contributed by atoms with Gasteiger partial charge < -0.3 is 15.5 Å². The van der Waals surface area contributed by atoms with Crippen molar-refractivity contribution >= 4 is 11.9 Å². The van der Waals surface area contributed by atoms with E-state index in [1.807, 2.05) is 6.92 Å². The van der Waals surface area contributed by atoms with Crippen LogP contribution in [0.2, 0.25) is 0 Å². The summed E-state index contributed by atoms with van der Waals surface area (Å²) in [5, 5.41) is 6.60. The van der Waals surface area contributed by atoms with Crippen molar-refractivity contribution in [1.82, 2.24) is 20.4 Å². The molecule has 0 saturated carbocycles. The molecular weight excluding hydrogens is 290 g/mol. The van der Waals surface area contributed by atoms with Gasteiger partial charge in [-0.05, 0) is 46.1 Å². The van der Waals surface area contributed by atoms with Crippen LogP contribution < -0.4 is 10.6 Å². The van der Waals surface area contributed by atoms with Gasteiger partial charge in [0, 0.05) is 39.3 Å². The van der Waals surface area contributed by atoms with Crippen molar-refractivity contribution < 1.29 is 4.79 Å². The monoisotopic (exact) mass is 325 g/mol. The van der Waals surface area contributed by atoms with Crippen molar-refractivity contribution in [3.8, 4) is 0 Å². The lowest BCUT2D eigenvalue weighted by Crippen LogP contribution is -2.56. The number of carbonyl (C=O) groups is 1. The maximum atomic E-state index is 11.7. The van der Waals surface area contributed by atoms with E-state index in [0.29, 0.717) is 5.96 Å². The van der Waals surface area contributed by atoms with Gasteiger partial charge >= 0.3 is 0 Å². The van der Waals surface area contributed by atoms with Crippen LogP contribution in [-0.4, -0.2) is 74.0 Å². The molecule has 0 aliphatic carbocycles. The van der Waals surface area contributed by atoms with Crippen molar-refractivity contribution in [2.45, 2.75) is 46.1 Å². The van der Waals surface area contributed by atoms with Gasteiger partial charge in [-0.15, -0.1) is 0 Å². The summed E-state index contributed by atoms with van der Waals surface area (Å²) in [6, 6.07) is 0. The van der Waals surface area contributed by atoms with Crippen LogP contribution in [0.15, 0.2) is 4.99 Å². The highest BCUT2D eigenvalue weighted by atomic mass is 16.2. The van der Waals surface area contributed by atoms with Crippen LogP contribution in [0.4, 0.5) is 0 Å². The molecule has 2 N–H and O–H groups in total. The first-order valence-corrected chi connectivity index (χ1v) is 8.73. The van der Waals surface area contributed by atoms with Crippen LogP contribution >= 0.6 is 0 Å². The Labute approximate surface area is 141 Å². The summed E-state index contributed by atoms with van der Waals surface area (Å²) in [7, 11) is 3.50. The minimum absolute atomic E-state index is 0.00585. The number of rotatable bonds is 6. The summed E-state index contributed by atoms with van der Waals surface area (Å²) in [4.78, 5) is 20.2. The van der Waals surface area contributed by atoms with Crippen LogP contribution in [0.25, 0.3) is 0 Å². The number of hydrogen-bond donors (Lipinski definition) is 2. The molecule has 0 radical (unpaired) electrons. The highest BCUT2D eigenvalue weighted by Crippen LogP contribution is 2.23. The molecule has 1 fully saturated rings. The second kappa shape index (κ2) is 9.11. The number of hydrogen-bond acceptors (Lipinski definition) is 3. The van der Waals surface area contributed by atoms with Gasteiger partial charge in [0.05, 0.1) is 0 Å². The average Bonchev–Trinajstić information content (AvgIpc) is 2.49. The molecule has 6 nitrogen and oxygen atoms in total. The summed E-state index contributed by atoms with van der Waals surface area (Å²) in [6.07, 6.45) is 2.60. The van der Waals surface area contributed by atoms with Crippen molar-refractivity contribution in [1.29, 1.82) is 0 Å². The Balaban J connectivity index is 2.58. The van der Waals surface area contributed by atoms with Gasteiger partial charge in [-0.2, -0.15) is 0 Å². The summed E-state index contributed by atoms with van der Waals surface area (Å²) in [6.45, 7) is 13.0. The van der Waals surface area contributed by atoms with Gasteiger partial charge in [0.15, 0.2) is 5.96 Å². The molecule has 1 rings (SSSR count). The van der Waals surface area contributed by atoms with Crippen LogP contribution in [0.1, 0.15) is 40.5 Å². The number of guanidine groups is 1. The Bertz CT molecular complexity index is 406. The number of aliphatic imine (C=N–C) groups is 1. The zero-order valence-electron chi connectivity index (χ0n) is 15.8. The third kappa shape index (κ3) is 6.77. The van der Waals surface area contributed by atoms with Gasteiger partial charge in [-0.1, -0.05) is 6.92 Å². The summed E-state index contributed by atoms with van der Waals surface area (Å²) < 4.78 is 0. The molecule has 1 unspecified atom stereocenters. The van der Waals surface area contributed by atoms with Crippen LogP contribution in [0, 0.1) is 5.92 Å². The van der Waals surface area contributed by atoms with Gasteiger partial charge in [0.2, 0.25) is 5.91 Å². The van der Waals surface area contributed by atoms with E-state index in [9.17, 15) is 4.79 Å². The minimum Gasteiger partial charge on any atom is -0.357 e. The number of amides is 1. The smallest absolute Gasteiger partial charge is 0.243 e. The van der Waals surface area contributed by atoms with E-state index in [1.54, 1.807) is 19.0 Å². The molecule has 0 bridgehead atoms. The number of likely N-dealkylation sites (tertiary alicyclic amines) is 1. The highest BCUT2D eigenvalue weighted by Gasteiger charge is 2.30. The maximum absolute atomic E-state index is 11.7. The Morgan fingerprint density at radius 1 is 1.35 bits per heavy atom. The fourth-order valence-electron chi connectivity index (χ4n) is 2.78. The van der Waals surface area contributed by atoms with Crippen molar-refractivity contribution in [3.63, 3.8) is 0 Å². The van der Waals surface area contributed by atoms with Crippen molar-refractivity contribution in [2.24, 2.45) is 10.9 Å². The fourth-order valence-corrected chi connectivity index (χ4v) is 2.78. The summed E-state index contributed by atoms with van der Waals surface area (Å²) in [5.41, 5.74) is 0.0659. The molecule has 1 aliphatic heterocycles. The number of piperidine rings is 1. The van der Waals surface area contributed by atoms with E-state index in [-0.39, 0.29) is 18.0 Å². The Morgan fingerprint density at radius 3 is 2.61 bits per heavy atom. The third-order valence-corrected chi connectivity index (χ3v) is 4.42. The van der Waals surface area contributed by atoms with Crippen LogP contribution in [0.5, 0.6) is 0 Å². The minimum atomic E-state index is 0.00585. The zero-order valence-corrected chi connectivity index (χ0v) is 15.8. The standard InChI is InChI=1S/C17H35N5O/c1-7-18-16(19-11-15(23)21(5)6)20-13-17(3,4)22-10-8-9-14(2)12-22/h14H,7-13H2,1-6H3,(H2,18,19,20). The Hall–Kier alpha value is -1.30. The van der Waals surface area contributed by atoms with Gasteiger partial charge in [-0.3, -0.25) is 9.69 Å². The Kier molecular flexibility index (Phi) is 7.82. The van der Waals surface area contributed by atoms with E-state index in [4.69, 9.17) is 0 Å². The number of carbonyl (C=O) groups excluding carboxylic acids is 1. The molecule has 1 saturated heterocycles. The molecular formula is C17H35N5O. The topological polar surface area (TPSA) is 60.0 Å². The third-order valence-electron chi connectivity index (χ3n) is 4.42. The van der Waals surface area contributed by atoms with E-state index >= 15 is 0 Å². The number of nitrogens with one attached hydrogen (secondary N) is 2. The lowest BCUT2D eigenvalue weighted by Gasteiger charge is -2.43. The largest absolute Gasteiger partial charge is 0.357 e. The second-order valence-corrected chi connectivity index (χ2v) is 7.34. The number of nitrogens with zero attached hydrogens (tertiary/aromatic N) is 3. The van der Waals surface area contributed by atoms with Crippen LogP contribution in [-0.2, 0) is 4.79 Å². The highest BCUT2D eigenvalue weighted by molar-refractivity contribution is 5.84. The zero-order chi connectivity index (χ0) is 17.5. The van der Waals surface area contributed by atoms with E-state index < -0.39 is 0 Å². The molecule has 1 heterocycles. The molecule has 0 aromatic rings. The average molecular weight is 326 g/mol. The Morgan fingerprint density at radius 2 is 2.04 bits per heavy atom. The molecule has 1 aliphatic rings. The van der Waals surface area contributed by atoms with E-state index in [0.717, 1.165) is 32.1 Å². The first kappa shape index (κ1) is 19.7. The first-order chi connectivity index (χ1) is 10.8. The normalized spacial score (nSPS) is 20.3. The molecule has 0 aromatic heterocycles. The van der Waals surface area contributed by atoms with Crippen molar-refractivity contribution in [3.05, 3.63) is 0 Å². The SMILES string of the molecule is CCNC(=NCC(=O)N(C)C)NCC(C)(C)N1CCCC(C)C1. The van der Waals surface area contributed by atoms with Gasteiger partial charge in [-0.25, -0.2) is 4.99 Å². The predicted octanol–water partition coefficient (Wildman–Crippen LogP) is 1.14. The van der Waals surface area contributed by atoms with E-state index in [2.05, 4.69) is 41.3 Å². The lowest BCUT2D eigenvalue weighted by molar-refractivity contribution is -0.127. The molecule has 0 aromatic carbocycles. The molecule has 1 amide bonds. The molecule has 23 heavy (non-hydrogen) atoms. The summed E-state index contributed by atoms with van der Waals surface area (Å²) >= 11 is 0. The van der Waals surface area contributed by atoms with Gasteiger partial charge in [0.25, 0.3) is 0 Å². The molecule has 0 spiro atoms. The fraction of sp³-hybridized carbons (Fsp3) is 0.882. The quantitative estimate of drug-likeness (QED) is 0.568. The molecule has 6 heteroatoms. The lowest BCUT2D eigenvalue weighted by atomic mass is 9.93. The van der Waals surface area contributed by atoms with E-state index in [1.165, 1.54) is 12.8 Å². The summed E-state index contributed by atoms with van der Waals surface area (Å²) in [5.74, 6) is 1.48. The number of likely N-dealkylation sites (N-methyl/N-ethyl adjacent to an activating group) is 1. The van der Waals surface area contributed by atoms with Crippen molar-refractivity contribution in [2.75, 3.05) is 46.8 Å². The van der Waals surface area contributed by atoms with Crippen LogP contribution in [0.3, 0.4) is 0 Å². The van der Waals surface area contributed by atoms with Gasteiger partial charge in [0.1, 0.15) is 6.54 Å².